The van der Waals surface area contributed by atoms with Crippen LogP contribution in [-0.2, 0) is 10.3 Å². The molecule has 0 saturated heterocycles. The molecule has 0 aromatic carbocycles. The molecule has 0 fully saturated rings. The van der Waals surface area contributed by atoms with Gasteiger partial charge in [-0.15, -0.1) is 0 Å². The molecule has 2 aromatic rings. The number of hydrogen-bond donors (Lipinski definition) is 3. The van der Waals surface area contributed by atoms with Crippen molar-refractivity contribution in [1.29, 1.82) is 0 Å². The van der Waals surface area contributed by atoms with Crippen molar-refractivity contribution in [3.63, 3.8) is 0 Å². The minimum Gasteiger partial charge on any atom is -0.495 e. The third-order valence-corrected chi connectivity index (χ3v) is 4.56. The number of alkyl halides is 3. The van der Waals surface area contributed by atoms with E-state index in [1.54, 1.807) is 5.32 Å². The first-order valence-corrected chi connectivity index (χ1v) is 9.23. The van der Waals surface area contributed by atoms with Gasteiger partial charge in [0.2, 0.25) is 0 Å². The summed E-state index contributed by atoms with van der Waals surface area (Å²) in [6.45, 7) is 1.10. The number of ether oxygens (including phenoxy) is 2. The maximum absolute atomic E-state index is 14.6. The molecule has 3 heterocycles. The van der Waals surface area contributed by atoms with E-state index in [0.717, 1.165) is 19.1 Å². The number of aliphatic imine (C=N–C) groups is 1. The van der Waals surface area contributed by atoms with Crippen molar-refractivity contribution < 1.29 is 41.7 Å². The topological polar surface area (TPSA) is 135 Å². The van der Waals surface area contributed by atoms with E-state index in [0.29, 0.717) is 5.75 Å². The number of nitrogens with one attached hydrogen (secondary N) is 2. The number of carboxylic acid groups (broad SMARTS) is 1. The molecular formula is C19H17F4N5O5. The molecule has 2 atom stereocenters. The van der Waals surface area contributed by atoms with Gasteiger partial charge >= 0.3 is 12.3 Å². The van der Waals surface area contributed by atoms with Gasteiger partial charge in [-0.3, -0.25) is 4.79 Å². The Labute approximate surface area is 183 Å². The molecule has 3 N–H and O–H groups in total. The van der Waals surface area contributed by atoms with Crippen LogP contribution < -0.4 is 15.4 Å². The van der Waals surface area contributed by atoms with Crippen molar-refractivity contribution >= 4 is 23.8 Å². The Hall–Kier alpha value is -3.97. The van der Waals surface area contributed by atoms with Gasteiger partial charge in [-0.1, -0.05) is 0 Å². The van der Waals surface area contributed by atoms with Crippen LogP contribution in [-0.4, -0.2) is 52.4 Å². The molecule has 0 unspecified atom stereocenters. The molecular weight excluding hydrogens is 454 g/mol. The first kappa shape index (κ1) is 23.7. The molecule has 176 valence electrons. The number of methoxy groups -OCH3 is 1. The van der Waals surface area contributed by atoms with Gasteiger partial charge < -0.3 is 19.9 Å². The lowest BCUT2D eigenvalue weighted by Gasteiger charge is -2.37. The first-order valence-electron chi connectivity index (χ1n) is 9.23. The van der Waals surface area contributed by atoms with Crippen molar-refractivity contribution in [3.05, 3.63) is 47.7 Å². The normalized spacial score (nSPS) is 20.3. The lowest BCUT2D eigenvalue weighted by molar-refractivity contribution is -0.164. The third-order valence-electron chi connectivity index (χ3n) is 4.56. The third kappa shape index (κ3) is 5.45. The maximum Gasteiger partial charge on any atom is 0.412 e. The van der Waals surface area contributed by atoms with Crippen LogP contribution in [0.25, 0.3) is 0 Å². The van der Waals surface area contributed by atoms with Gasteiger partial charge in [0.1, 0.15) is 28.8 Å². The molecule has 0 bridgehead atoms. The van der Waals surface area contributed by atoms with Crippen LogP contribution in [0.4, 0.5) is 28.2 Å². The molecule has 1 aliphatic rings. The van der Waals surface area contributed by atoms with Gasteiger partial charge in [-0.25, -0.2) is 29.5 Å². The van der Waals surface area contributed by atoms with Gasteiger partial charge in [0.15, 0.2) is 11.6 Å². The summed E-state index contributed by atoms with van der Waals surface area (Å²) in [6, 6.07) is 1.47. The summed E-state index contributed by atoms with van der Waals surface area (Å²) in [5.74, 6) is -1.55. The molecule has 0 radical (unpaired) electrons. The second-order valence-corrected chi connectivity index (χ2v) is 7.02. The average Bonchev–Trinajstić information content (AvgIpc) is 2.73. The zero-order chi connectivity index (χ0) is 24.4. The Morgan fingerprint density at radius 1 is 1.24 bits per heavy atom. The molecule has 2 aromatic heterocycles. The van der Waals surface area contributed by atoms with Crippen LogP contribution >= 0.6 is 0 Å². The van der Waals surface area contributed by atoms with E-state index < -0.39 is 53.8 Å². The highest BCUT2D eigenvalue weighted by atomic mass is 19.4. The minimum atomic E-state index is -4.86. The van der Waals surface area contributed by atoms with Crippen LogP contribution in [0, 0.1) is 5.82 Å². The molecule has 10 nitrogen and oxygen atoms in total. The fourth-order valence-corrected chi connectivity index (χ4v) is 3.02. The van der Waals surface area contributed by atoms with Crippen LogP contribution in [0.5, 0.6) is 5.75 Å². The molecule has 14 heteroatoms. The molecule has 3 rings (SSSR count). The number of amidine groups is 1. The van der Waals surface area contributed by atoms with E-state index >= 15 is 0 Å². The quantitative estimate of drug-likeness (QED) is 0.584. The second-order valence-electron chi connectivity index (χ2n) is 7.02. The lowest BCUT2D eigenvalue weighted by Crippen LogP contribution is -2.48. The number of pyridine rings is 2. The summed E-state index contributed by atoms with van der Waals surface area (Å²) in [5, 5.41) is 12.8. The Kier molecular flexibility index (Phi) is 6.37. The monoisotopic (exact) mass is 471 g/mol. The number of nitrogens with zero attached hydrogens (tertiary/aromatic N) is 3. The molecule has 2 amide bonds. The zero-order valence-corrected chi connectivity index (χ0v) is 17.1. The number of rotatable bonds is 4. The first-order chi connectivity index (χ1) is 15.4. The Balaban J connectivity index is 1.91. The number of halogens is 4. The Bertz CT molecular complexity index is 1090. The molecule has 1 aliphatic heterocycles. The summed E-state index contributed by atoms with van der Waals surface area (Å²) in [7, 11) is 1.42. The highest BCUT2D eigenvalue weighted by Crippen LogP contribution is 2.40. The van der Waals surface area contributed by atoms with E-state index in [4.69, 9.17) is 14.6 Å². The molecule has 0 spiro atoms. The summed E-state index contributed by atoms with van der Waals surface area (Å²) >= 11 is 0. The van der Waals surface area contributed by atoms with Crippen LogP contribution in [0.15, 0.2) is 35.5 Å². The van der Waals surface area contributed by atoms with Gasteiger partial charge in [0.05, 0.1) is 13.3 Å². The number of aromatic nitrogens is 2. The Morgan fingerprint density at radius 2 is 1.97 bits per heavy atom. The number of amides is 2. The minimum absolute atomic E-state index is 0.0270. The fraction of sp³-hybridized carbons (Fsp3) is 0.316. The molecule has 0 aliphatic carbocycles. The summed E-state index contributed by atoms with van der Waals surface area (Å²) in [4.78, 5) is 34.3. The zero-order valence-electron chi connectivity index (χ0n) is 17.1. The summed E-state index contributed by atoms with van der Waals surface area (Å²) in [6.07, 6.45) is -6.18. The van der Waals surface area contributed by atoms with Crippen molar-refractivity contribution in [2.24, 2.45) is 4.99 Å². The highest BCUT2D eigenvalue weighted by Gasteiger charge is 2.50. The lowest BCUT2D eigenvalue weighted by atomic mass is 9.91. The standard InChI is InChI=1S/C19H17F4N5O5/c1-18(7-12(19(21,22)23)25-16(33-18)28-17(30)31)14-10(20)4-6-13(26-14)27-15(29)11-5-3-9(32-2)8-24-11/h3-6,8,12H,7H2,1-2H3,(H,25,28)(H,30,31)(H,26,27,29)/t12-,18-/m0/s1. The van der Waals surface area contributed by atoms with Gasteiger partial charge in [-0.05, 0) is 31.2 Å². The van der Waals surface area contributed by atoms with Crippen LogP contribution in [0.1, 0.15) is 29.5 Å². The van der Waals surface area contributed by atoms with Crippen molar-refractivity contribution in [1.82, 2.24) is 15.3 Å². The number of anilines is 1. The van der Waals surface area contributed by atoms with E-state index in [2.05, 4.69) is 20.3 Å². The van der Waals surface area contributed by atoms with Gasteiger partial charge in [-0.2, -0.15) is 13.2 Å². The summed E-state index contributed by atoms with van der Waals surface area (Å²) < 4.78 is 65.0. The molecule has 0 saturated carbocycles. The smallest absolute Gasteiger partial charge is 0.412 e. The number of carbonyl (C=O) groups excluding carboxylic acids is 1. The van der Waals surface area contributed by atoms with Gasteiger partial charge in [0.25, 0.3) is 11.9 Å². The van der Waals surface area contributed by atoms with Crippen molar-refractivity contribution in [2.45, 2.75) is 31.2 Å². The maximum atomic E-state index is 14.6. The van der Waals surface area contributed by atoms with Crippen LogP contribution in [0.3, 0.4) is 0 Å². The van der Waals surface area contributed by atoms with E-state index in [1.165, 1.54) is 25.4 Å². The van der Waals surface area contributed by atoms with E-state index in [-0.39, 0.29) is 11.5 Å². The molecule has 33 heavy (non-hydrogen) atoms. The van der Waals surface area contributed by atoms with Crippen molar-refractivity contribution in [3.8, 4) is 5.75 Å². The largest absolute Gasteiger partial charge is 0.495 e. The van der Waals surface area contributed by atoms with E-state index in [9.17, 15) is 27.2 Å². The number of carbonyl (C=O) groups is 2. The van der Waals surface area contributed by atoms with Crippen LogP contribution in [0.2, 0.25) is 0 Å². The fourth-order valence-electron chi connectivity index (χ4n) is 3.02. The van der Waals surface area contributed by atoms with E-state index in [1.807, 2.05) is 0 Å². The average molecular weight is 471 g/mol. The Morgan fingerprint density at radius 3 is 2.55 bits per heavy atom. The number of hydrogen-bond acceptors (Lipinski definition) is 7. The highest BCUT2D eigenvalue weighted by molar-refractivity contribution is 6.02. The SMILES string of the molecule is COc1ccc(C(=O)Nc2ccc(F)c([C@]3(C)C[C@@H](C(F)(F)F)N=C(NC(=O)O)O3)n2)nc1. The van der Waals surface area contributed by atoms with Gasteiger partial charge in [0, 0.05) is 6.42 Å². The second kappa shape index (κ2) is 8.88. The van der Waals surface area contributed by atoms with Crippen molar-refractivity contribution in [2.75, 3.05) is 12.4 Å². The predicted octanol–water partition coefficient (Wildman–Crippen LogP) is 3.07. The predicted molar refractivity (Wildman–Crippen MR) is 104 cm³/mol. The summed E-state index contributed by atoms with van der Waals surface area (Å²) in [5.41, 5.74) is -2.68.